The molecule has 1 heterocycles. The van der Waals surface area contributed by atoms with Crippen LogP contribution < -0.4 is 5.32 Å². The summed E-state index contributed by atoms with van der Waals surface area (Å²) in [5.74, 6) is 0. The first kappa shape index (κ1) is 14.9. The van der Waals surface area contributed by atoms with Gasteiger partial charge in [0.1, 0.15) is 0 Å². The molecule has 0 spiro atoms. The van der Waals surface area contributed by atoms with Crippen molar-refractivity contribution in [2.45, 2.75) is 38.8 Å². The third-order valence-corrected chi connectivity index (χ3v) is 3.83. The number of nitro groups is 1. The maximum Gasteiger partial charge on any atom is 0.269 e. The molecule has 0 radical (unpaired) electrons. The molecule has 20 heavy (non-hydrogen) atoms. The molecule has 1 aromatic rings. The van der Waals surface area contributed by atoms with Gasteiger partial charge in [-0.15, -0.1) is 0 Å². The van der Waals surface area contributed by atoms with Gasteiger partial charge in [0, 0.05) is 31.3 Å². The number of nitrogens with one attached hydrogen (secondary N) is 1. The summed E-state index contributed by atoms with van der Waals surface area (Å²) in [4.78, 5) is 12.8. The van der Waals surface area contributed by atoms with Crippen molar-refractivity contribution >= 4 is 5.69 Å². The van der Waals surface area contributed by atoms with Crippen LogP contribution in [0.15, 0.2) is 24.3 Å². The number of nitrogens with zero attached hydrogens (tertiary/aromatic N) is 2. The molecule has 0 aromatic heterocycles. The zero-order valence-electron chi connectivity index (χ0n) is 12.0. The molecule has 5 nitrogen and oxygen atoms in total. The highest BCUT2D eigenvalue weighted by Gasteiger charge is 2.20. The molecule has 0 amide bonds. The first-order valence-electron chi connectivity index (χ1n) is 7.39. The van der Waals surface area contributed by atoms with Crippen LogP contribution in [0.4, 0.5) is 5.69 Å². The fraction of sp³-hybridized carbons (Fsp3) is 0.600. The minimum Gasteiger partial charge on any atom is -0.315 e. The molecule has 1 aliphatic rings. The fourth-order valence-electron chi connectivity index (χ4n) is 2.78. The molecule has 1 N–H and O–H groups in total. The van der Waals surface area contributed by atoms with Crippen molar-refractivity contribution < 1.29 is 4.92 Å². The predicted octanol–water partition coefficient (Wildman–Crippen LogP) is 2.56. The van der Waals surface area contributed by atoms with E-state index in [0.29, 0.717) is 6.04 Å². The van der Waals surface area contributed by atoms with Gasteiger partial charge >= 0.3 is 0 Å². The largest absolute Gasteiger partial charge is 0.315 e. The van der Waals surface area contributed by atoms with Gasteiger partial charge in [-0.05, 0) is 37.9 Å². The van der Waals surface area contributed by atoms with Gasteiger partial charge in [0.05, 0.1) is 4.92 Å². The summed E-state index contributed by atoms with van der Waals surface area (Å²) in [6, 6.07) is 7.52. The number of hydrogen-bond donors (Lipinski definition) is 1. The minimum absolute atomic E-state index is 0.162. The molecular weight excluding hydrogens is 254 g/mol. The topological polar surface area (TPSA) is 58.4 Å². The summed E-state index contributed by atoms with van der Waals surface area (Å²) in [5, 5.41) is 14.1. The smallest absolute Gasteiger partial charge is 0.269 e. The normalized spacial score (nSPS) is 19.2. The average molecular weight is 277 g/mol. The minimum atomic E-state index is -0.349. The van der Waals surface area contributed by atoms with Crippen molar-refractivity contribution in [3.05, 3.63) is 39.9 Å². The summed E-state index contributed by atoms with van der Waals surface area (Å²) in [6.45, 7) is 6.31. The van der Waals surface area contributed by atoms with E-state index in [9.17, 15) is 10.1 Å². The molecular formula is C15H23N3O2. The number of hydrogen-bond acceptors (Lipinski definition) is 4. The molecule has 1 unspecified atom stereocenters. The van der Waals surface area contributed by atoms with E-state index in [0.717, 1.165) is 38.2 Å². The third kappa shape index (κ3) is 4.02. The Morgan fingerprint density at radius 3 is 2.70 bits per heavy atom. The van der Waals surface area contributed by atoms with Gasteiger partial charge < -0.3 is 5.32 Å². The van der Waals surface area contributed by atoms with Gasteiger partial charge in [-0.3, -0.25) is 15.0 Å². The molecule has 0 saturated carbocycles. The second-order valence-corrected chi connectivity index (χ2v) is 5.39. The fourth-order valence-corrected chi connectivity index (χ4v) is 2.78. The lowest BCUT2D eigenvalue weighted by Gasteiger charge is -2.34. The number of benzene rings is 1. The first-order valence-corrected chi connectivity index (χ1v) is 7.39. The monoisotopic (exact) mass is 277 g/mol. The molecule has 1 aromatic carbocycles. The Hall–Kier alpha value is -1.46. The van der Waals surface area contributed by atoms with Gasteiger partial charge in [0.25, 0.3) is 5.69 Å². The van der Waals surface area contributed by atoms with E-state index < -0.39 is 0 Å². The second kappa shape index (κ2) is 7.36. The van der Waals surface area contributed by atoms with Crippen LogP contribution in [0.2, 0.25) is 0 Å². The van der Waals surface area contributed by atoms with E-state index in [-0.39, 0.29) is 10.6 Å². The van der Waals surface area contributed by atoms with E-state index in [2.05, 4.69) is 17.1 Å². The first-order chi connectivity index (χ1) is 9.70. The van der Waals surface area contributed by atoms with Gasteiger partial charge in [0.2, 0.25) is 0 Å². The highest BCUT2D eigenvalue weighted by Crippen LogP contribution is 2.17. The van der Waals surface area contributed by atoms with Crippen molar-refractivity contribution in [3.63, 3.8) is 0 Å². The molecule has 0 aliphatic carbocycles. The Morgan fingerprint density at radius 1 is 1.40 bits per heavy atom. The van der Waals surface area contributed by atoms with E-state index in [1.54, 1.807) is 12.1 Å². The van der Waals surface area contributed by atoms with Crippen LogP contribution in [0.5, 0.6) is 0 Å². The van der Waals surface area contributed by atoms with Crippen molar-refractivity contribution in [2.75, 3.05) is 19.6 Å². The molecule has 1 atom stereocenters. The zero-order valence-corrected chi connectivity index (χ0v) is 12.0. The van der Waals surface area contributed by atoms with Crippen molar-refractivity contribution in [1.29, 1.82) is 0 Å². The Bertz CT molecular complexity index is 427. The van der Waals surface area contributed by atoms with Gasteiger partial charge in [-0.25, -0.2) is 0 Å². The van der Waals surface area contributed by atoms with Crippen LogP contribution in [0.1, 0.15) is 31.7 Å². The van der Waals surface area contributed by atoms with Gasteiger partial charge in [-0.1, -0.05) is 19.1 Å². The maximum absolute atomic E-state index is 10.7. The lowest BCUT2D eigenvalue weighted by molar-refractivity contribution is -0.384. The molecule has 1 aliphatic heterocycles. The number of piperidine rings is 1. The van der Waals surface area contributed by atoms with Gasteiger partial charge in [0.15, 0.2) is 0 Å². The quantitative estimate of drug-likeness (QED) is 0.641. The van der Waals surface area contributed by atoms with Crippen LogP contribution in [-0.2, 0) is 6.54 Å². The number of non-ortho nitro benzene ring substituents is 1. The van der Waals surface area contributed by atoms with Gasteiger partial charge in [-0.2, -0.15) is 0 Å². The molecule has 5 heteroatoms. The average Bonchev–Trinajstić information content (AvgIpc) is 2.48. The lowest BCUT2D eigenvalue weighted by Crippen LogP contribution is -2.45. The Labute approximate surface area is 120 Å². The number of nitro benzene ring substituents is 1. The van der Waals surface area contributed by atoms with E-state index in [1.165, 1.54) is 12.8 Å². The summed E-state index contributed by atoms with van der Waals surface area (Å²) < 4.78 is 0. The van der Waals surface area contributed by atoms with E-state index >= 15 is 0 Å². The summed E-state index contributed by atoms with van der Waals surface area (Å²) in [6.07, 6.45) is 3.59. The zero-order chi connectivity index (χ0) is 14.4. The molecule has 0 bridgehead atoms. The van der Waals surface area contributed by atoms with Crippen molar-refractivity contribution in [1.82, 2.24) is 10.2 Å². The highest BCUT2D eigenvalue weighted by atomic mass is 16.6. The second-order valence-electron chi connectivity index (χ2n) is 5.39. The SMILES string of the molecule is CCCN(Cc1ccc([N+](=O)[O-])cc1)C1CCCNC1. The maximum atomic E-state index is 10.7. The standard InChI is InChI=1S/C15H23N3O2/c1-2-10-17(15-4-3-9-16-11-15)12-13-5-7-14(8-6-13)18(19)20/h5-8,15-16H,2-4,9-12H2,1H3. The Balaban J connectivity index is 2.01. The van der Waals surface area contributed by atoms with E-state index in [1.807, 2.05) is 12.1 Å². The molecule has 1 fully saturated rings. The third-order valence-electron chi connectivity index (χ3n) is 3.83. The highest BCUT2D eigenvalue weighted by molar-refractivity contribution is 5.32. The summed E-state index contributed by atoms with van der Waals surface area (Å²) in [7, 11) is 0. The predicted molar refractivity (Wildman–Crippen MR) is 79.7 cm³/mol. The molecule has 110 valence electrons. The van der Waals surface area contributed by atoms with Crippen LogP contribution >= 0.6 is 0 Å². The van der Waals surface area contributed by atoms with Crippen molar-refractivity contribution in [3.8, 4) is 0 Å². The lowest BCUT2D eigenvalue weighted by atomic mass is 10.0. The summed E-state index contributed by atoms with van der Waals surface area (Å²) >= 11 is 0. The number of rotatable bonds is 6. The molecule has 2 rings (SSSR count). The Morgan fingerprint density at radius 2 is 2.15 bits per heavy atom. The van der Waals surface area contributed by atoms with Crippen LogP contribution in [0.25, 0.3) is 0 Å². The van der Waals surface area contributed by atoms with E-state index in [4.69, 9.17) is 0 Å². The van der Waals surface area contributed by atoms with Crippen LogP contribution in [0.3, 0.4) is 0 Å². The van der Waals surface area contributed by atoms with Crippen molar-refractivity contribution in [2.24, 2.45) is 0 Å². The van der Waals surface area contributed by atoms with Crippen LogP contribution in [-0.4, -0.2) is 35.5 Å². The molecule has 1 saturated heterocycles. The Kier molecular flexibility index (Phi) is 5.49. The summed E-state index contributed by atoms with van der Waals surface area (Å²) in [5.41, 5.74) is 1.31. The van der Waals surface area contributed by atoms with Crippen LogP contribution in [0, 0.1) is 10.1 Å².